The molecule has 0 saturated heterocycles. The van der Waals surface area contributed by atoms with Crippen molar-refractivity contribution in [1.29, 1.82) is 0 Å². The molecule has 0 aliphatic heterocycles. The Kier molecular flexibility index (Phi) is 6.92. The molecule has 0 fully saturated rings. The van der Waals surface area contributed by atoms with Crippen LogP contribution in [0.5, 0.6) is 0 Å². The van der Waals surface area contributed by atoms with Crippen molar-refractivity contribution >= 4 is 5.96 Å². The van der Waals surface area contributed by atoms with Crippen LogP contribution in [-0.2, 0) is 17.7 Å². The summed E-state index contributed by atoms with van der Waals surface area (Å²) in [5, 5.41) is 3.16. The van der Waals surface area contributed by atoms with Crippen LogP contribution in [0.2, 0.25) is 0 Å². The molecule has 1 unspecified atom stereocenters. The Morgan fingerprint density at radius 2 is 2.05 bits per heavy atom. The summed E-state index contributed by atoms with van der Waals surface area (Å²) in [6.07, 6.45) is 1.00. The average Bonchev–Trinajstić information content (AvgIpc) is 2.44. The first-order valence-corrected chi connectivity index (χ1v) is 6.54. The number of aliphatic imine (C=N–C) groups is 1. The number of ether oxygens (including phenoxy) is 1. The van der Waals surface area contributed by atoms with Gasteiger partial charge in [-0.05, 0) is 24.5 Å². The van der Waals surface area contributed by atoms with Gasteiger partial charge in [0.1, 0.15) is 0 Å². The molecule has 19 heavy (non-hydrogen) atoms. The van der Waals surface area contributed by atoms with Gasteiger partial charge in [0.05, 0.1) is 13.2 Å². The van der Waals surface area contributed by atoms with Gasteiger partial charge < -0.3 is 10.1 Å². The number of benzene rings is 1. The van der Waals surface area contributed by atoms with Gasteiger partial charge in [-0.25, -0.2) is 10.8 Å². The number of methoxy groups -OCH3 is 1. The van der Waals surface area contributed by atoms with Crippen LogP contribution in [0, 0.1) is 0 Å². The van der Waals surface area contributed by atoms with E-state index in [1.54, 1.807) is 7.11 Å². The van der Waals surface area contributed by atoms with Crippen molar-refractivity contribution in [3.63, 3.8) is 0 Å². The van der Waals surface area contributed by atoms with Crippen LogP contribution in [0.25, 0.3) is 0 Å². The number of rotatable bonds is 6. The van der Waals surface area contributed by atoms with Gasteiger partial charge in [-0.3, -0.25) is 5.43 Å². The van der Waals surface area contributed by atoms with E-state index in [0.717, 1.165) is 6.42 Å². The number of guanidine groups is 1. The van der Waals surface area contributed by atoms with Crippen molar-refractivity contribution in [1.82, 2.24) is 10.7 Å². The lowest BCUT2D eigenvalue weighted by atomic mass is 10.1. The summed E-state index contributed by atoms with van der Waals surface area (Å²) in [7, 11) is 1.67. The van der Waals surface area contributed by atoms with Crippen LogP contribution in [0.1, 0.15) is 25.0 Å². The van der Waals surface area contributed by atoms with Crippen LogP contribution in [0.15, 0.2) is 29.3 Å². The third-order valence-corrected chi connectivity index (χ3v) is 2.84. The van der Waals surface area contributed by atoms with Gasteiger partial charge in [-0.2, -0.15) is 0 Å². The smallest absolute Gasteiger partial charge is 0.206 e. The Morgan fingerprint density at radius 3 is 2.63 bits per heavy atom. The number of nitrogens with one attached hydrogen (secondary N) is 2. The highest BCUT2D eigenvalue weighted by Crippen LogP contribution is 2.10. The van der Waals surface area contributed by atoms with Gasteiger partial charge in [-0.1, -0.05) is 31.2 Å². The standard InChI is InChI=1S/C14H24N4O/c1-4-12-7-5-6-8-13(12)9-16-14(18-15)17-11(2)10-19-3/h5-8,11H,4,9-10,15H2,1-3H3,(H2,16,17,18). The van der Waals surface area contributed by atoms with Gasteiger partial charge in [0, 0.05) is 13.2 Å². The largest absolute Gasteiger partial charge is 0.383 e. The molecule has 5 nitrogen and oxygen atoms in total. The van der Waals surface area contributed by atoms with E-state index >= 15 is 0 Å². The third kappa shape index (κ3) is 5.28. The zero-order valence-electron chi connectivity index (χ0n) is 11.9. The fraction of sp³-hybridized carbons (Fsp3) is 0.500. The summed E-state index contributed by atoms with van der Waals surface area (Å²) >= 11 is 0. The highest BCUT2D eigenvalue weighted by atomic mass is 16.5. The zero-order valence-corrected chi connectivity index (χ0v) is 11.9. The van der Waals surface area contributed by atoms with E-state index in [-0.39, 0.29) is 6.04 Å². The molecular weight excluding hydrogens is 240 g/mol. The summed E-state index contributed by atoms with van der Waals surface area (Å²) < 4.78 is 5.06. The maximum absolute atomic E-state index is 5.47. The zero-order chi connectivity index (χ0) is 14.1. The molecule has 0 radical (unpaired) electrons. The van der Waals surface area contributed by atoms with Crippen LogP contribution in [0.4, 0.5) is 0 Å². The van der Waals surface area contributed by atoms with Crippen molar-refractivity contribution < 1.29 is 4.74 Å². The van der Waals surface area contributed by atoms with E-state index in [2.05, 4.69) is 34.8 Å². The van der Waals surface area contributed by atoms with Gasteiger partial charge >= 0.3 is 0 Å². The van der Waals surface area contributed by atoms with Gasteiger partial charge in [0.2, 0.25) is 5.96 Å². The summed E-state index contributed by atoms with van der Waals surface area (Å²) in [5.74, 6) is 6.05. The molecule has 0 spiro atoms. The van der Waals surface area contributed by atoms with Gasteiger partial charge in [0.25, 0.3) is 0 Å². The molecule has 1 aromatic carbocycles. The first kappa shape index (κ1) is 15.5. The second-order valence-electron chi connectivity index (χ2n) is 4.43. The van der Waals surface area contributed by atoms with E-state index in [4.69, 9.17) is 10.6 Å². The second kappa shape index (κ2) is 8.50. The Labute approximate surface area is 115 Å². The van der Waals surface area contributed by atoms with Crippen molar-refractivity contribution in [2.45, 2.75) is 32.9 Å². The maximum Gasteiger partial charge on any atom is 0.206 e. The Hall–Kier alpha value is -1.59. The Morgan fingerprint density at radius 1 is 1.37 bits per heavy atom. The Bertz CT molecular complexity index is 406. The molecule has 0 aromatic heterocycles. The highest BCUT2D eigenvalue weighted by Gasteiger charge is 2.04. The quantitative estimate of drug-likeness (QED) is 0.312. The van der Waals surface area contributed by atoms with Crippen molar-refractivity contribution in [3.8, 4) is 0 Å². The highest BCUT2D eigenvalue weighted by molar-refractivity contribution is 5.79. The summed E-state index contributed by atoms with van der Waals surface area (Å²) in [6, 6.07) is 8.45. The first-order valence-electron chi connectivity index (χ1n) is 6.54. The number of hydrazine groups is 1. The number of hydrogen-bond acceptors (Lipinski definition) is 3. The number of nitrogens with zero attached hydrogens (tertiary/aromatic N) is 1. The third-order valence-electron chi connectivity index (χ3n) is 2.84. The SMILES string of the molecule is CCc1ccccc1CN=C(NN)NC(C)COC. The number of hydrogen-bond donors (Lipinski definition) is 3. The van der Waals surface area contributed by atoms with Crippen LogP contribution in [0.3, 0.4) is 0 Å². The van der Waals surface area contributed by atoms with E-state index in [1.807, 2.05) is 19.1 Å². The molecule has 5 heteroatoms. The minimum Gasteiger partial charge on any atom is -0.383 e. The predicted molar refractivity (Wildman–Crippen MR) is 78.8 cm³/mol. The Balaban J connectivity index is 2.66. The maximum atomic E-state index is 5.47. The number of nitrogens with two attached hydrogens (primary N) is 1. The lowest BCUT2D eigenvalue weighted by Crippen LogP contribution is -2.46. The molecule has 0 amide bonds. The van der Waals surface area contributed by atoms with Crippen LogP contribution < -0.4 is 16.6 Å². The van der Waals surface area contributed by atoms with Crippen molar-refractivity contribution in [2.24, 2.45) is 10.8 Å². The minimum absolute atomic E-state index is 0.154. The second-order valence-corrected chi connectivity index (χ2v) is 4.43. The van der Waals surface area contributed by atoms with E-state index in [0.29, 0.717) is 19.1 Å². The minimum atomic E-state index is 0.154. The summed E-state index contributed by atoms with van der Waals surface area (Å²) in [5.41, 5.74) is 5.12. The normalized spacial score (nSPS) is 13.2. The monoisotopic (exact) mass is 264 g/mol. The molecule has 1 atom stereocenters. The molecular formula is C14H24N4O. The molecule has 106 valence electrons. The van der Waals surface area contributed by atoms with Crippen molar-refractivity contribution in [2.75, 3.05) is 13.7 Å². The molecule has 0 bridgehead atoms. The first-order chi connectivity index (χ1) is 9.21. The fourth-order valence-corrected chi connectivity index (χ4v) is 1.88. The van der Waals surface area contributed by atoms with Gasteiger partial charge in [0.15, 0.2) is 0 Å². The molecule has 0 aliphatic carbocycles. The topological polar surface area (TPSA) is 71.7 Å². The summed E-state index contributed by atoms with van der Waals surface area (Å²) in [6.45, 7) is 5.36. The molecule has 0 aliphatic rings. The molecule has 0 heterocycles. The fourth-order valence-electron chi connectivity index (χ4n) is 1.88. The molecule has 0 saturated carbocycles. The van der Waals surface area contributed by atoms with Crippen molar-refractivity contribution in [3.05, 3.63) is 35.4 Å². The van der Waals surface area contributed by atoms with E-state index < -0.39 is 0 Å². The van der Waals surface area contributed by atoms with E-state index in [9.17, 15) is 0 Å². The summed E-state index contributed by atoms with van der Waals surface area (Å²) in [4.78, 5) is 4.46. The van der Waals surface area contributed by atoms with Crippen LogP contribution in [-0.4, -0.2) is 25.7 Å². The predicted octanol–water partition coefficient (Wildman–Crippen LogP) is 1.19. The van der Waals surface area contributed by atoms with Crippen LogP contribution >= 0.6 is 0 Å². The lowest BCUT2D eigenvalue weighted by molar-refractivity contribution is 0.179. The molecule has 4 N–H and O–H groups in total. The van der Waals surface area contributed by atoms with E-state index in [1.165, 1.54) is 11.1 Å². The lowest BCUT2D eigenvalue weighted by Gasteiger charge is -2.15. The average molecular weight is 264 g/mol. The molecule has 1 aromatic rings. The van der Waals surface area contributed by atoms with Gasteiger partial charge in [-0.15, -0.1) is 0 Å². The number of aryl methyl sites for hydroxylation is 1. The molecule has 1 rings (SSSR count).